The Balaban J connectivity index is 1.44. The highest BCUT2D eigenvalue weighted by Gasteiger charge is 2.30. The SMILES string of the molecule is CCCCCc1ccc(NCC2CCC(=O)N2CCSc2nc(C(=O)O)cs2)cc1. The number of anilines is 1. The highest BCUT2D eigenvalue weighted by Crippen LogP contribution is 2.25. The fourth-order valence-corrected chi connectivity index (χ4v) is 5.38. The number of thiazole rings is 1. The highest BCUT2D eigenvalue weighted by molar-refractivity contribution is 8.01. The van der Waals surface area contributed by atoms with Gasteiger partial charge in [-0.3, -0.25) is 4.79 Å². The molecule has 1 saturated heterocycles. The number of unbranched alkanes of at least 4 members (excludes halogenated alkanes) is 2. The van der Waals surface area contributed by atoms with Crippen molar-refractivity contribution in [2.45, 2.75) is 55.8 Å². The third-order valence-corrected chi connectivity index (χ3v) is 7.28. The molecule has 0 spiro atoms. The zero-order chi connectivity index (χ0) is 21.3. The van der Waals surface area contributed by atoms with Crippen molar-refractivity contribution in [3.8, 4) is 0 Å². The quantitative estimate of drug-likeness (QED) is 0.360. The van der Waals surface area contributed by atoms with Gasteiger partial charge in [-0.2, -0.15) is 0 Å². The number of aromatic nitrogens is 1. The third-order valence-electron chi connectivity index (χ3n) is 5.28. The van der Waals surface area contributed by atoms with Gasteiger partial charge < -0.3 is 15.3 Å². The van der Waals surface area contributed by atoms with Crippen LogP contribution in [-0.2, 0) is 11.2 Å². The number of aryl methyl sites for hydroxylation is 1. The maximum Gasteiger partial charge on any atom is 0.355 e. The number of hydrogen-bond donors (Lipinski definition) is 2. The molecule has 1 fully saturated rings. The molecule has 0 saturated carbocycles. The molecule has 1 aromatic carbocycles. The van der Waals surface area contributed by atoms with Crippen LogP contribution in [0.2, 0.25) is 0 Å². The van der Waals surface area contributed by atoms with Gasteiger partial charge >= 0.3 is 5.97 Å². The molecule has 1 amide bonds. The Morgan fingerprint density at radius 1 is 1.33 bits per heavy atom. The second-order valence-corrected chi connectivity index (χ2v) is 9.67. The predicted octanol–water partition coefficient (Wildman–Crippen LogP) is 4.77. The number of likely N-dealkylation sites (tertiary alicyclic amines) is 1. The zero-order valence-corrected chi connectivity index (χ0v) is 18.9. The lowest BCUT2D eigenvalue weighted by Gasteiger charge is -2.25. The molecular weight excluding hydrogens is 418 g/mol. The normalized spacial score (nSPS) is 16.2. The van der Waals surface area contributed by atoms with Gasteiger partial charge in [0.25, 0.3) is 0 Å². The van der Waals surface area contributed by atoms with Crippen molar-refractivity contribution >= 4 is 40.7 Å². The summed E-state index contributed by atoms with van der Waals surface area (Å²) in [5, 5.41) is 14.0. The molecule has 0 bridgehead atoms. The fraction of sp³-hybridized carbons (Fsp3) is 0.500. The average Bonchev–Trinajstić information content (AvgIpc) is 3.35. The summed E-state index contributed by atoms with van der Waals surface area (Å²) in [4.78, 5) is 29.3. The van der Waals surface area contributed by atoms with Crippen LogP contribution in [0.4, 0.5) is 5.69 Å². The molecule has 3 rings (SSSR count). The molecule has 1 atom stereocenters. The number of carbonyl (C=O) groups is 2. The van der Waals surface area contributed by atoms with E-state index in [9.17, 15) is 9.59 Å². The van der Waals surface area contributed by atoms with Crippen molar-refractivity contribution in [2.75, 3.05) is 24.2 Å². The predicted molar refractivity (Wildman–Crippen MR) is 123 cm³/mol. The highest BCUT2D eigenvalue weighted by atomic mass is 32.2. The molecule has 1 aromatic heterocycles. The van der Waals surface area contributed by atoms with Crippen LogP contribution < -0.4 is 5.32 Å². The van der Waals surface area contributed by atoms with Gasteiger partial charge in [0.2, 0.25) is 5.91 Å². The summed E-state index contributed by atoms with van der Waals surface area (Å²) < 4.78 is 0.729. The van der Waals surface area contributed by atoms with E-state index in [1.54, 1.807) is 5.38 Å². The molecule has 6 nitrogen and oxygen atoms in total. The molecule has 1 unspecified atom stereocenters. The van der Waals surface area contributed by atoms with Gasteiger partial charge in [-0.15, -0.1) is 11.3 Å². The number of nitrogens with one attached hydrogen (secondary N) is 1. The van der Waals surface area contributed by atoms with Crippen LogP contribution in [0, 0.1) is 0 Å². The number of rotatable bonds is 12. The van der Waals surface area contributed by atoms with Crippen LogP contribution in [-0.4, -0.2) is 51.8 Å². The number of benzene rings is 1. The maximum absolute atomic E-state index is 12.3. The molecule has 0 radical (unpaired) electrons. The number of aromatic carboxylic acids is 1. The van der Waals surface area contributed by atoms with Crippen LogP contribution in [0.5, 0.6) is 0 Å². The van der Waals surface area contributed by atoms with Crippen LogP contribution >= 0.6 is 23.1 Å². The van der Waals surface area contributed by atoms with E-state index in [0.29, 0.717) is 18.7 Å². The minimum atomic E-state index is -1.01. The van der Waals surface area contributed by atoms with Gasteiger partial charge in [0, 0.05) is 42.4 Å². The van der Waals surface area contributed by atoms with Gasteiger partial charge in [0.15, 0.2) is 10.0 Å². The summed E-state index contributed by atoms with van der Waals surface area (Å²) in [5.74, 6) is -0.103. The topological polar surface area (TPSA) is 82.5 Å². The Bertz CT molecular complexity index is 838. The van der Waals surface area contributed by atoms with E-state index in [-0.39, 0.29) is 17.6 Å². The molecule has 2 N–H and O–H groups in total. The second-order valence-electron chi connectivity index (χ2n) is 7.47. The lowest BCUT2D eigenvalue weighted by molar-refractivity contribution is -0.128. The lowest BCUT2D eigenvalue weighted by Crippen LogP contribution is -2.39. The van der Waals surface area contributed by atoms with E-state index in [1.807, 2.05) is 4.90 Å². The Morgan fingerprint density at radius 3 is 2.83 bits per heavy atom. The number of amides is 1. The molecule has 1 aliphatic heterocycles. The van der Waals surface area contributed by atoms with E-state index >= 15 is 0 Å². The summed E-state index contributed by atoms with van der Waals surface area (Å²) in [5.41, 5.74) is 2.54. The van der Waals surface area contributed by atoms with E-state index in [0.717, 1.165) is 29.4 Å². The summed E-state index contributed by atoms with van der Waals surface area (Å²) >= 11 is 2.84. The van der Waals surface area contributed by atoms with Gasteiger partial charge in [0.1, 0.15) is 0 Å². The van der Waals surface area contributed by atoms with E-state index in [2.05, 4.69) is 41.5 Å². The van der Waals surface area contributed by atoms with Crippen molar-refractivity contribution in [2.24, 2.45) is 0 Å². The summed E-state index contributed by atoms with van der Waals surface area (Å²) in [6.07, 6.45) is 6.33. The molecule has 2 heterocycles. The van der Waals surface area contributed by atoms with Gasteiger partial charge in [-0.25, -0.2) is 9.78 Å². The molecule has 8 heteroatoms. The fourth-order valence-electron chi connectivity index (χ4n) is 3.57. The Morgan fingerprint density at radius 2 is 2.13 bits per heavy atom. The minimum Gasteiger partial charge on any atom is -0.476 e. The van der Waals surface area contributed by atoms with Gasteiger partial charge in [-0.05, 0) is 37.0 Å². The first-order valence-corrected chi connectivity index (χ1v) is 12.4. The Kier molecular flexibility index (Phi) is 8.57. The summed E-state index contributed by atoms with van der Waals surface area (Å²) in [7, 11) is 0. The number of nitrogens with zero attached hydrogens (tertiary/aromatic N) is 2. The van der Waals surface area contributed by atoms with Crippen molar-refractivity contribution in [1.82, 2.24) is 9.88 Å². The van der Waals surface area contributed by atoms with Crippen molar-refractivity contribution < 1.29 is 14.7 Å². The zero-order valence-electron chi connectivity index (χ0n) is 17.3. The van der Waals surface area contributed by atoms with E-state index in [1.165, 1.54) is 47.9 Å². The molecule has 1 aliphatic rings. The van der Waals surface area contributed by atoms with Crippen LogP contribution in [0.25, 0.3) is 0 Å². The first kappa shape index (κ1) is 22.6. The number of carbonyl (C=O) groups excluding carboxylic acids is 1. The maximum atomic E-state index is 12.3. The minimum absolute atomic E-state index is 0.0817. The van der Waals surface area contributed by atoms with E-state index < -0.39 is 5.97 Å². The Labute approximate surface area is 186 Å². The van der Waals surface area contributed by atoms with Crippen molar-refractivity contribution in [3.63, 3.8) is 0 Å². The molecular formula is C22H29N3O3S2. The molecule has 2 aromatic rings. The van der Waals surface area contributed by atoms with Crippen LogP contribution in [0.1, 0.15) is 55.1 Å². The first-order valence-electron chi connectivity index (χ1n) is 10.5. The molecule has 30 heavy (non-hydrogen) atoms. The second kappa shape index (κ2) is 11.4. The van der Waals surface area contributed by atoms with Crippen LogP contribution in [0.3, 0.4) is 0 Å². The van der Waals surface area contributed by atoms with Crippen molar-refractivity contribution in [3.05, 3.63) is 40.9 Å². The third kappa shape index (κ3) is 6.47. The van der Waals surface area contributed by atoms with Gasteiger partial charge in [-0.1, -0.05) is 43.7 Å². The van der Waals surface area contributed by atoms with Crippen LogP contribution in [0.15, 0.2) is 34.0 Å². The van der Waals surface area contributed by atoms with Gasteiger partial charge in [0.05, 0.1) is 0 Å². The average molecular weight is 448 g/mol. The monoisotopic (exact) mass is 447 g/mol. The number of hydrogen-bond acceptors (Lipinski definition) is 6. The smallest absolute Gasteiger partial charge is 0.355 e. The number of carboxylic acid groups (broad SMARTS) is 1. The molecule has 162 valence electrons. The number of thioether (sulfide) groups is 1. The van der Waals surface area contributed by atoms with Crippen molar-refractivity contribution in [1.29, 1.82) is 0 Å². The Hall–Kier alpha value is -2.06. The lowest BCUT2D eigenvalue weighted by atomic mass is 10.1. The largest absolute Gasteiger partial charge is 0.476 e. The summed E-state index contributed by atoms with van der Waals surface area (Å²) in [6, 6.07) is 8.81. The number of carboxylic acids is 1. The van der Waals surface area contributed by atoms with E-state index in [4.69, 9.17) is 5.11 Å². The standard InChI is InChI=1S/C22H29N3O3S2/c1-2-3-4-5-16-6-8-17(9-7-16)23-14-18-10-11-20(26)25(18)12-13-29-22-24-19(15-30-22)21(27)28/h6-9,15,18,23H,2-5,10-14H2,1H3,(H,27,28). The first-order chi connectivity index (χ1) is 14.6. The summed E-state index contributed by atoms with van der Waals surface area (Å²) in [6.45, 7) is 3.61. The molecule has 0 aliphatic carbocycles.